The van der Waals surface area contributed by atoms with Crippen molar-refractivity contribution in [2.24, 2.45) is 5.14 Å². The molecule has 3 rings (SSSR count). The maximum Gasteiger partial charge on any atom is 0.238 e. The van der Waals surface area contributed by atoms with Gasteiger partial charge in [0, 0.05) is 32.2 Å². The van der Waals surface area contributed by atoms with Gasteiger partial charge in [-0.05, 0) is 44.5 Å². The van der Waals surface area contributed by atoms with Crippen LogP contribution in [-0.4, -0.2) is 63.7 Å². The standard InChI is InChI=1S/C17H27N3O3S/c1-13(14-4-3-5-17(10-14)24(18,21)22)19(2)8-9-20-11-15-6-7-16(12-20)23-15/h3-5,10,13,15-16H,6-9,11-12H2,1-2H3,(H2,18,21,22). The highest BCUT2D eigenvalue weighted by atomic mass is 32.2. The van der Waals surface area contributed by atoms with Crippen LogP contribution in [0.25, 0.3) is 0 Å². The molecule has 0 radical (unpaired) electrons. The summed E-state index contributed by atoms with van der Waals surface area (Å²) in [6, 6.07) is 7.04. The third kappa shape index (κ3) is 4.15. The molecule has 2 saturated heterocycles. The summed E-state index contributed by atoms with van der Waals surface area (Å²) >= 11 is 0. The number of morpholine rings is 1. The Morgan fingerprint density at radius 3 is 2.62 bits per heavy atom. The first kappa shape index (κ1) is 17.8. The van der Waals surface area contributed by atoms with Crippen LogP contribution in [0.1, 0.15) is 31.4 Å². The van der Waals surface area contributed by atoms with Crippen LogP contribution in [0.4, 0.5) is 0 Å². The maximum absolute atomic E-state index is 11.5. The summed E-state index contributed by atoms with van der Waals surface area (Å²) in [6.45, 7) is 6.08. The number of likely N-dealkylation sites (N-methyl/N-ethyl adjacent to an activating group) is 1. The highest BCUT2D eigenvalue weighted by Gasteiger charge is 2.33. The van der Waals surface area contributed by atoms with Gasteiger partial charge in [0.1, 0.15) is 0 Å². The lowest BCUT2D eigenvalue weighted by atomic mass is 10.1. The molecule has 3 unspecified atom stereocenters. The van der Waals surface area contributed by atoms with Gasteiger partial charge < -0.3 is 4.74 Å². The van der Waals surface area contributed by atoms with E-state index in [1.165, 1.54) is 18.9 Å². The van der Waals surface area contributed by atoms with Crippen molar-refractivity contribution in [3.63, 3.8) is 0 Å². The first-order valence-electron chi connectivity index (χ1n) is 8.54. The summed E-state index contributed by atoms with van der Waals surface area (Å²) in [5.74, 6) is 0. The summed E-state index contributed by atoms with van der Waals surface area (Å²) in [7, 11) is -1.59. The monoisotopic (exact) mass is 353 g/mol. The lowest BCUT2D eigenvalue weighted by Gasteiger charge is -2.34. The molecule has 0 saturated carbocycles. The largest absolute Gasteiger partial charge is 0.372 e. The fourth-order valence-electron chi connectivity index (χ4n) is 3.58. The van der Waals surface area contributed by atoms with Gasteiger partial charge in [-0.15, -0.1) is 0 Å². The smallest absolute Gasteiger partial charge is 0.238 e. The summed E-state index contributed by atoms with van der Waals surface area (Å²) < 4.78 is 28.9. The zero-order valence-corrected chi connectivity index (χ0v) is 15.2. The maximum atomic E-state index is 11.5. The van der Waals surface area contributed by atoms with Gasteiger partial charge in [-0.25, -0.2) is 13.6 Å². The van der Waals surface area contributed by atoms with E-state index in [1.807, 2.05) is 6.07 Å². The van der Waals surface area contributed by atoms with E-state index in [2.05, 4.69) is 23.8 Å². The Bertz CT molecular complexity index is 667. The molecule has 0 spiro atoms. The number of rotatable bonds is 6. The molecule has 2 fully saturated rings. The van der Waals surface area contributed by atoms with Gasteiger partial charge in [0.05, 0.1) is 17.1 Å². The molecular weight excluding hydrogens is 326 g/mol. The molecule has 0 aliphatic carbocycles. The van der Waals surface area contributed by atoms with Crippen LogP contribution in [-0.2, 0) is 14.8 Å². The molecule has 134 valence electrons. The Hall–Kier alpha value is -0.990. The minimum atomic E-state index is -3.66. The average Bonchev–Trinajstić information content (AvgIpc) is 2.89. The first-order chi connectivity index (χ1) is 11.3. The van der Waals surface area contributed by atoms with E-state index in [1.54, 1.807) is 12.1 Å². The second-order valence-electron chi connectivity index (χ2n) is 6.99. The van der Waals surface area contributed by atoms with Crippen molar-refractivity contribution < 1.29 is 13.2 Å². The van der Waals surface area contributed by atoms with E-state index >= 15 is 0 Å². The quantitative estimate of drug-likeness (QED) is 0.831. The molecule has 1 aromatic rings. The average molecular weight is 353 g/mol. The Morgan fingerprint density at radius 2 is 2.00 bits per heavy atom. The van der Waals surface area contributed by atoms with E-state index in [9.17, 15) is 8.42 Å². The zero-order valence-electron chi connectivity index (χ0n) is 14.4. The van der Waals surface area contributed by atoms with Crippen LogP contribution >= 0.6 is 0 Å². The summed E-state index contributed by atoms with van der Waals surface area (Å²) in [6.07, 6.45) is 3.21. The SMILES string of the molecule is CC(c1cccc(S(N)(=O)=O)c1)N(C)CCN1CC2CCC(C1)O2. The lowest BCUT2D eigenvalue weighted by Crippen LogP contribution is -2.45. The predicted octanol–water partition coefficient (Wildman–Crippen LogP) is 1.19. The van der Waals surface area contributed by atoms with Crippen LogP contribution in [0.2, 0.25) is 0 Å². The minimum Gasteiger partial charge on any atom is -0.372 e. The number of nitrogens with two attached hydrogens (primary N) is 1. The second-order valence-corrected chi connectivity index (χ2v) is 8.55. The number of fused-ring (bicyclic) bond motifs is 2. The van der Waals surface area contributed by atoms with Gasteiger partial charge in [0.25, 0.3) is 0 Å². The van der Waals surface area contributed by atoms with Gasteiger partial charge in [-0.2, -0.15) is 0 Å². The molecule has 3 atom stereocenters. The Balaban J connectivity index is 1.57. The number of primary sulfonamides is 1. The lowest BCUT2D eigenvalue weighted by molar-refractivity contribution is -0.0403. The Labute approximate surface area is 144 Å². The van der Waals surface area contributed by atoms with Crippen LogP contribution in [0.15, 0.2) is 29.2 Å². The number of ether oxygens (including phenoxy) is 1. The van der Waals surface area contributed by atoms with E-state index in [-0.39, 0.29) is 10.9 Å². The van der Waals surface area contributed by atoms with Crippen LogP contribution in [0.5, 0.6) is 0 Å². The van der Waals surface area contributed by atoms with E-state index in [0.717, 1.165) is 31.7 Å². The van der Waals surface area contributed by atoms with Crippen molar-refractivity contribution in [2.45, 2.75) is 42.9 Å². The number of benzene rings is 1. The van der Waals surface area contributed by atoms with Crippen molar-refractivity contribution in [3.05, 3.63) is 29.8 Å². The molecule has 24 heavy (non-hydrogen) atoms. The zero-order chi connectivity index (χ0) is 17.3. The molecule has 2 N–H and O–H groups in total. The number of nitrogens with zero attached hydrogens (tertiary/aromatic N) is 2. The van der Waals surface area contributed by atoms with Crippen LogP contribution < -0.4 is 5.14 Å². The van der Waals surface area contributed by atoms with Crippen molar-refractivity contribution in [1.29, 1.82) is 0 Å². The molecule has 0 amide bonds. The molecular formula is C17H27N3O3S. The third-order valence-electron chi connectivity index (χ3n) is 5.22. The molecule has 2 aliphatic rings. The fraction of sp³-hybridized carbons (Fsp3) is 0.647. The minimum absolute atomic E-state index is 0.129. The van der Waals surface area contributed by atoms with E-state index in [0.29, 0.717) is 12.2 Å². The van der Waals surface area contributed by atoms with Crippen LogP contribution in [0.3, 0.4) is 0 Å². The van der Waals surface area contributed by atoms with Crippen molar-refractivity contribution in [3.8, 4) is 0 Å². The van der Waals surface area contributed by atoms with Crippen molar-refractivity contribution >= 4 is 10.0 Å². The van der Waals surface area contributed by atoms with Crippen LogP contribution in [0, 0.1) is 0 Å². The highest BCUT2D eigenvalue weighted by molar-refractivity contribution is 7.89. The molecule has 2 bridgehead atoms. The number of likely N-dealkylation sites (tertiary alicyclic amines) is 1. The highest BCUT2D eigenvalue weighted by Crippen LogP contribution is 2.26. The molecule has 2 aliphatic heterocycles. The molecule has 2 heterocycles. The van der Waals surface area contributed by atoms with Crippen molar-refractivity contribution in [1.82, 2.24) is 9.80 Å². The third-order valence-corrected chi connectivity index (χ3v) is 6.13. The number of hydrogen-bond acceptors (Lipinski definition) is 5. The van der Waals surface area contributed by atoms with Gasteiger partial charge >= 0.3 is 0 Å². The first-order valence-corrected chi connectivity index (χ1v) is 10.1. The van der Waals surface area contributed by atoms with Gasteiger partial charge in [-0.3, -0.25) is 9.80 Å². The Kier molecular flexibility index (Phi) is 5.27. The summed E-state index contributed by atoms with van der Waals surface area (Å²) in [5.41, 5.74) is 0.964. The van der Waals surface area contributed by atoms with E-state index < -0.39 is 10.0 Å². The molecule has 0 aromatic heterocycles. The normalized spacial score (nSPS) is 26.0. The van der Waals surface area contributed by atoms with E-state index in [4.69, 9.17) is 9.88 Å². The predicted molar refractivity (Wildman–Crippen MR) is 93.2 cm³/mol. The molecule has 1 aromatic carbocycles. The summed E-state index contributed by atoms with van der Waals surface area (Å²) in [5, 5.41) is 5.23. The van der Waals surface area contributed by atoms with Crippen molar-refractivity contribution in [2.75, 3.05) is 33.2 Å². The van der Waals surface area contributed by atoms with Gasteiger partial charge in [0.15, 0.2) is 0 Å². The Morgan fingerprint density at radius 1 is 1.33 bits per heavy atom. The number of hydrogen-bond donors (Lipinski definition) is 1. The topological polar surface area (TPSA) is 75.9 Å². The fourth-order valence-corrected chi connectivity index (χ4v) is 4.15. The number of sulfonamides is 1. The summed E-state index contributed by atoms with van der Waals surface area (Å²) in [4.78, 5) is 4.90. The van der Waals surface area contributed by atoms with Gasteiger partial charge in [-0.1, -0.05) is 12.1 Å². The molecule has 6 nitrogen and oxygen atoms in total. The van der Waals surface area contributed by atoms with Gasteiger partial charge in [0.2, 0.25) is 10.0 Å². The second kappa shape index (κ2) is 7.09. The molecule has 7 heteroatoms.